The Morgan fingerprint density at radius 3 is 3.05 bits per heavy atom. The maximum Gasteiger partial charge on any atom is 0.128 e. The van der Waals surface area contributed by atoms with Gasteiger partial charge in [0.05, 0.1) is 6.54 Å². The van der Waals surface area contributed by atoms with Gasteiger partial charge in [-0.3, -0.25) is 0 Å². The molecule has 1 unspecified atom stereocenters. The van der Waals surface area contributed by atoms with Crippen LogP contribution in [-0.2, 0) is 19.5 Å². The first-order chi connectivity index (χ1) is 9.81. The van der Waals surface area contributed by atoms with E-state index in [1.807, 2.05) is 6.20 Å². The Labute approximate surface area is 120 Å². The number of aryl methyl sites for hydroxylation is 2. The molecule has 0 aromatic carbocycles. The summed E-state index contributed by atoms with van der Waals surface area (Å²) in [5, 5.41) is 3.46. The fourth-order valence-electron chi connectivity index (χ4n) is 3.25. The molecule has 1 atom stereocenters. The minimum absolute atomic E-state index is 0.514. The molecule has 0 fully saturated rings. The first-order valence-electron chi connectivity index (χ1n) is 7.67. The van der Waals surface area contributed by atoms with E-state index in [9.17, 15) is 0 Å². The molecular weight excluding hydrogens is 248 g/mol. The third-order valence-corrected chi connectivity index (χ3v) is 4.38. The molecular formula is C16H24N4. The van der Waals surface area contributed by atoms with Crippen LogP contribution >= 0.6 is 0 Å². The molecule has 1 N–H and O–H groups in total. The summed E-state index contributed by atoms with van der Waals surface area (Å²) in [6.45, 7) is 4.01. The zero-order chi connectivity index (χ0) is 13.9. The molecule has 0 amide bonds. The van der Waals surface area contributed by atoms with Crippen LogP contribution in [-0.4, -0.2) is 21.2 Å². The van der Waals surface area contributed by atoms with Crippen molar-refractivity contribution in [2.75, 3.05) is 7.05 Å². The molecule has 0 spiro atoms. The van der Waals surface area contributed by atoms with Crippen LogP contribution in [0.2, 0.25) is 0 Å². The van der Waals surface area contributed by atoms with Gasteiger partial charge in [-0.2, -0.15) is 0 Å². The molecule has 0 bridgehead atoms. The fraction of sp³-hybridized carbons (Fsp3) is 0.562. The van der Waals surface area contributed by atoms with E-state index in [1.165, 1.54) is 36.8 Å². The largest absolute Gasteiger partial charge is 0.346 e. The van der Waals surface area contributed by atoms with Crippen molar-refractivity contribution in [1.29, 1.82) is 0 Å². The lowest BCUT2D eigenvalue weighted by molar-refractivity contribution is 0.530. The van der Waals surface area contributed by atoms with Gasteiger partial charge in [0.15, 0.2) is 0 Å². The third kappa shape index (κ3) is 2.52. The summed E-state index contributed by atoms with van der Waals surface area (Å²) in [4.78, 5) is 4.47. The van der Waals surface area contributed by atoms with Gasteiger partial charge in [0, 0.05) is 37.4 Å². The number of rotatable bonds is 4. The number of hydrogen-bond acceptors (Lipinski definition) is 2. The highest BCUT2D eigenvalue weighted by Gasteiger charge is 2.19. The first kappa shape index (κ1) is 13.4. The zero-order valence-corrected chi connectivity index (χ0v) is 12.5. The highest BCUT2D eigenvalue weighted by molar-refractivity contribution is 5.29. The molecule has 0 saturated carbocycles. The normalized spacial score (nSPS) is 18.8. The molecule has 0 radical (unpaired) electrons. The first-order valence-corrected chi connectivity index (χ1v) is 7.67. The maximum absolute atomic E-state index is 4.47. The van der Waals surface area contributed by atoms with Crippen LogP contribution in [0.15, 0.2) is 24.8 Å². The molecule has 4 heteroatoms. The highest BCUT2D eigenvalue weighted by atomic mass is 15.1. The Kier molecular flexibility index (Phi) is 3.92. The van der Waals surface area contributed by atoms with Gasteiger partial charge < -0.3 is 14.5 Å². The SMILES string of the molecule is CCn1ccnc1Cn1cc2c(c1)C(NC)CCCC2. The Hall–Kier alpha value is -1.55. The average molecular weight is 272 g/mol. The molecule has 2 aromatic rings. The number of nitrogens with zero attached hydrogens (tertiary/aromatic N) is 3. The Morgan fingerprint density at radius 2 is 2.25 bits per heavy atom. The molecule has 4 nitrogen and oxygen atoms in total. The molecule has 1 aliphatic rings. The Balaban J connectivity index is 1.85. The number of fused-ring (bicyclic) bond motifs is 1. The summed E-state index contributed by atoms with van der Waals surface area (Å²) in [7, 11) is 2.07. The van der Waals surface area contributed by atoms with Gasteiger partial charge >= 0.3 is 0 Å². The predicted octanol–water partition coefficient (Wildman–Crippen LogP) is 2.74. The van der Waals surface area contributed by atoms with Crippen molar-refractivity contribution in [3.8, 4) is 0 Å². The lowest BCUT2D eigenvalue weighted by atomic mass is 10.1. The monoisotopic (exact) mass is 272 g/mol. The molecule has 1 aliphatic carbocycles. The van der Waals surface area contributed by atoms with E-state index >= 15 is 0 Å². The standard InChI is InChI=1S/C16H24N4/c1-3-20-9-8-18-16(20)12-19-10-13-6-4-5-7-15(17-2)14(13)11-19/h8-11,15,17H,3-7,12H2,1-2H3. The summed E-state index contributed by atoms with van der Waals surface area (Å²) in [6, 6.07) is 0.514. The third-order valence-electron chi connectivity index (χ3n) is 4.38. The van der Waals surface area contributed by atoms with E-state index in [4.69, 9.17) is 0 Å². The summed E-state index contributed by atoms with van der Waals surface area (Å²) < 4.78 is 4.51. The number of hydrogen-bond donors (Lipinski definition) is 1. The van der Waals surface area contributed by atoms with E-state index in [0.29, 0.717) is 6.04 Å². The molecule has 2 aromatic heterocycles. The van der Waals surface area contributed by atoms with Gasteiger partial charge in [-0.1, -0.05) is 6.42 Å². The van der Waals surface area contributed by atoms with E-state index < -0.39 is 0 Å². The van der Waals surface area contributed by atoms with Crippen molar-refractivity contribution in [2.45, 2.75) is 51.7 Å². The summed E-state index contributed by atoms with van der Waals surface area (Å²) in [5.41, 5.74) is 3.00. The maximum atomic E-state index is 4.47. The number of nitrogens with one attached hydrogen (secondary N) is 1. The second-order valence-electron chi connectivity index (χ2n) is 5.63. The minimum atomic E-state index is 0.514. The second kappa shape index (κ2) is 5.83. The van der Waals surface area contributed by atoms with Crippen molar-refractivity contribution in [2.24, 2.45) is 0 Å². The summed E-state index contributed by atoms with van der Waals surface area (Å²) in [5.74, 6) is 1.14. The van der Waals surface area contributed by atoms with Gasteiger partial charge in [-0.05, 0) is 44.4 Å². The molecule has 3 rings (SSSR count). The average Bonchev–Trinajstić information content (AvgIpc) is 3.02. The quantitative estimate of drug-likeness (QED) is 0.869. The van der Waals surface area contributed by atoms with Crippen LogP contribution in [0.25, 0.3) is 0 Å². The molecule has 20 heavy (non-hydrogen) atoms. The van der Waals surface area contributed by atoms with Crippen LogP contribution in [0, 0.1) is 0 Å². The molecule has 0 aliphatic heterocycles. The Morgan fingerprint density at radius 1 is 1.35 bits per heavy atom. The fourth-order valence-corrected chi connectivity index (χ4v) is 3.25. The van der Waals surface area contributed by atoms with Gasteiger partial charge in [0.2, 0.25) is 0 Å². The van der Waals surface area contributed by atoms with Crippen molar-refractivity contribution in [1.82, 2.24) is 19.4 Å². The smallest absolute Gasteiger partial charge is 0.128 e. The Bertz CT molecular complexity index is 567. The van der Waals surface area contributed by atoms with Crippen LogP contribution in [0.4, 0.5) is 0 Å². The van der Waals surface area contributed by atoms with E-state index in [-0.39, 0.29) is 0 Å². The number of imidazole rings is 1. The van der Waals surface area contributed by atoms with Crippen LogP contribution in [0.3, 0.4) is 0 Å². The van der Waals surface area contributed by atoms with Gasteiger partial charge in [0.1, 0.15) is 5.82 Å². The van der Waals surface area contributed by atoms with E-state index in [0.717, 1.165) is 18.9 Å². The van der Waals surface area contributed by atoms with Crippen molar-refractivity contribution in [3.63, 3.8) is 0 Å². The van der Waals surface area contributed by atoms with Gasteiger partial charge in [-0.15, -0.1) is 0 Å². The molecule has 108 valence electrons. The van der Waals surface area contributed by atoms with Gasteiger partial charge in [0.25, 0.3) is 0 Å². The predicted molar refractivity (Wildman–Crippen MR) is 80.8 cm³/mol. The lowest BCUT2D eigenvalue weighted by Gasteiger charge is -2.13. The zero-order valence-electron chi connectivity index (χ0n) is 12.5. The lowest BCUT2D eigenvalue weighted by Crippen LogP contribution is -2.15. The van der Waals surface area contributed by atoms with E-state index in [1.54, 1.807) is 0 Å². The van der Waals surface area contributed by atoms with Crippen molar-refractivity contribution >= 4 is 0 Å². The van der Waals surface area contributed by atoms with Crippen molar-refractivity contribution < 1.29 is 0 Å². The van der Waals surface area contributed by atoms with Gasteiger partial charge in [-0.25, -0.2) is 4.98 Å². The number of aromatic nitrogens is 3. The van der Waals surface area contributed by atoms with Crippen LogP contribution in [0.5, 0.6) is 0 Å². The molecule has 2 heterocycles. The van der Waals surface area contributed by atoms with Crippen LogP contribution in [0.1, 0.15) is 49.2 Å². The second-order valence-corrected chi connectivity index (χ2v) is 5.63. The minimum Gasteiger partial charge on any atom is -0.346 e. The summed E-state index contributed by atoms with van der Waals surface area (Å²) in [6.07, 6.45) is 13.7. The topological polar surface area (TPSA) is 34.8 Å². The van der Waals surface area contributed by atoms with E-state index in [2.05, 4.69) is 52.0 Å². The van der Waals surface area contributed by atoms with Crippen LogP contribution < -0.4 is 5.32 Å². The highest BCUT2D eigenvalue weighted by Crippen LogP contribution is 2.29. The van der Waals surface area contributed by atoms with Crippen molar-refractivity contribution in [3.05, 3.63) is 41.7 Å². The summed E-state index contributed by atoms with van der Waals surface area (Å²) >= 11 is 0. The molecule has 0 saturated heterocycles.